The van der Waals surface area contributed by atoms with Crippen LogP contribution in [-0.2, 0) is 4.79 Å². The van der Waals surface area contributed by atoms with Crippen LogP contribution in [0.4, 0.5) is 11.4 Å². The Labute approximate surface area is 116 Å². The number of carbonyl (C=O) groups is 1. The third-order valence-corrected chi connectivity index (χ3v) is 3.50. The predicted molar refractivity (Wildman–Crippen MR) is 74.6 cm³/mol. The molecule has 19 heavy (non-hydrogen) atoms. The molecule has 1 atom stereocenters. The van der Waals surface area contributed by atoms with Crippen LogP contribution in [-0.4, -0.2) is 35.3 Å². The van der Waals surface area contributed by atoms with Gasteiger partial charge in [-0.25, -0.2) is 0 Å². The molecule has 1 heterocycles. The SMILES string of the molecule is CC(C)N(CCO)c1cc2c(cc1Cl)C(O)C(=O)N2. The van der Waals surface area contributed by atoms with E-state index in [0.717, 1.165) is 5.69 Å². The summed E-state index contributed by atoms with van der Waals surface area (Å²) in [6.45, 7) is 4.45. The number of anilines is 2. The minimum Gasteiger partial charge on any atom is -0.395 e. The van der Waals surface area contributed by atoms with Gasteiger partial charge in [-0.2, -0.15) is 0 Å². The van der Waals surface area contributed by atoms with Crippen molar-refractivity contribution in [1.82, 2.24) is 0 Å². The Morgan fingerprint density at radius 3 is 2.74 bits per heavy atom. The topological polar surface area (TPSA) is 72.8 Å². The van der Waals surface area contributed by atoms with Crippen LogP contribution in [0.15, 0.2) is 12.1 Å². The molecular weight excluding hydrogens is 268 g/mol. The molecule has 104 valence electrons. The number of hydrogen-bond donors (Lipinski definition) is 3. The molecule has 0 aromatic heterocycles. The van der Waals surface area contributed by atoms with E-state index in [1.54, 1.807) is 12.1 Å². The minimum atomic E-state index is -1.16. The number of aliphatic hydroxyl groups excluding tert-OH is 2. The maximum atomic E-state index is 11.4. The zero-order chi connectivity index (χ0) is 14.2. The summed E-state index contributed by atoms with van der Waals surface area (Å²) in [6, 6.07) is 3.49. The number of benzene rings is 1. The fourth-order valence-corrected chi connectivity index (χ4v) is 2.52. The predicted octanol–water partition coefficient (Wildman–Crippen LogP) is 1.53. The van der Waals surface area contributed by atoms with Gasteiger partial charge in [-0.3, -0.25) is 4.79 Å². The van der Waals surface area contributed by atoms with Crippen molar-refractivity contribution in [3.8, 4) is 0 Å². The fourth-order valence-electron chi connectivity index (χ4n) is 2.24. The van der Waals surface area contributed by atoms with Crippen molar-refractivity contribution >= 4 is 28.9 Å². The van der Waals surface area contributed by atoms with Crippen LogP contribution in [0.3, 0.4) is 0 Å². The maximum absolute atomic E-state index is 11.4. The highest BCUT2D eigenvalue weighted by Gasteiger charge is 2.30. The molecule has 2 rings (SSSR count). The van der Waals surface area contributed by atoms with Crippen molar-refractivity contribution in [2.45, 2.75) is 26.0 Å². The van der Waals surface area contributed by atoms with Crippen LogP contribution in [0.2, 0.25) is 5.02 Å². The van der Waals surface area contributed by atoms with E-state index in [4.69, 9.17) is 16.7 Å². The lowest BCUT2D eigenvalue weighted by atomic mass is 10.1. The van der Waals surface area contributed by atoms with Crippen LogP contribution < -0.4 is 10.2 Å². The molecular formula is C13H17ClN2O3. The van der Waals surface area contributed by atoms with Gasteiger partial charge in [-0.1, -0.05) is 11.6 Å². The monoisotopic (exact) mass is 284 g/mol. The molecule has 0 spiro atoms. The zero-order valence-corrected chi connectivity index (χ0v) is 11.6. The van der Waals surface area contributed by atoms with Gasteiger partial charge in [0, 0.05) is 23.8 Å². The number of halogens is 1. The Morgan fingerprint density at radius 2 is 2.16 bits per heavy atom. The van der Waals surface area contributed by atoms with Gasteiger partial charge in [0.15, 0.2) is 6.10 Å². The number of rotatable bonds is 4. The van der Waals surface area contributed by atoms with E-state index in [1.807, 2.05) is 18.7 Å². The quantitative estimate of drug-likeness (QED) is 0.784. The number of fused-ring (bicyclic) bond motifs is 1. The summed E-state index contributed by atoms with van der Waals surface area (Å²) in [5, 5.41) is 21.9. The lowest BCUT2D eigenvalue weighted by Gasteiger charge is -2.29. The van der Waals surface area contributed by atoms with E-state index in [2.05, 4.69) is 5.32 Å². The number of hydrogen-bond acceptors (Lipinski definition) is 4. The molecule has 1 amide bonds. The standard InChI is InChI=1S/C13H17ClN2O3/c1-7(2)16(3-4-17)11-6-10-8(5-9(11)14)12(18)13(19)15-10/h5-7,12,17-18H,3-4H2,1-2H3,(H,15,19). The van der Waals surface area contributed by atoms with Gasteiger partial charge in [-0.05, 0) is 26.0 Å². The second kappa shape index (κ2) is 5.36. The molecule has 1 aromatic carbocycles. The highest BCUT2D eigenvalue weighted by molar-refractivity contribution is 6.33. The van der Waals surface area contributed by atoms with Crippen molar-refractivity contribution in [2.24, 2.45) is 0 Å². The van der Waals surface area contributed by atoms with E-state index < -0.39 is 12.0 Å². The van der Waals surface area contributed by atoms with Gasteiger partial charge in [0.2, 0.25) is 0 Å². The zero-order valence-electron chi connectivity index (χ0n) is 10.9. The Morgan fingerprint density at radius 1 is 1.47 bits per heavy atom. The van der Waals surface area contributed by atoms with E-state index in [-0.39, 0.29) is 12.6 Å². The minimum absolute atomic E-state index is 0.0145. The van der Waals surface area contributed by atoms with Crippen molar-refractivity contribution in [1.29, 1.82) is 0 Å². The summed E-state index contributed by atoms with van der Waals surface area (Å²) >= 11 is 6.22. The number of amides is 1. The highest BCUT2D eigenvalue weighted by atomic mass is 35.5. The van der Waals surface area contributed by atoms with Crippen molar-refractivity contribution < 1.29 is 15.0 Å². The van der Waals surface area contributed by atoms with Gasteiger partial charge in [-0.15, -0.1) is 0 Å². The lowest BCUT2D eigenvalue weighted by Crippen LogP contribution is -2.33. The first-order valence-electron chi connectivity index (χ1n) is 6.15. The van der Waals surface area contributed by atoms with Gasteiger partial charge in [0.1, 0.15) is 0 Å². The second-order valence-corrected chi connectivity index (χ2v) is 5.20. The first-order valence-corrected chi connectivity index (χ1v) is 6.53. The largest absolute Gasteiger partial charge is 0.395 e. The summed E-state index contributed by atoms with van der Waals surface area (Å²) in [7, 11) is 0. The van der Waals surface area contributed by atoms with Crippen LogP contribution in [0, 0.1) is 0 Å². The van der Waals surface area contributed by atoms with Crippen molar-refractivity contribution in [3.05, 3.63) is 22.7 Å². The summed E-state index contributed by atoms with van der Waals surface area (Å²) < 4.78 is 0. The average Bonchev–Trinajstić information content (AvgIpc) is 2.62. The molecule has 1 unspecified atom stereocenters. The van der Waals surface area contributed by atoms with Gasteiger partial charge in [0.25, 0.3) is 5.91 Å². The smallest absolute Gasteiger partial charge is 0.257 e. The second-order valence-electron chi connectivity index (χ2n) is 4.79. The lowest BCUT2D eigenvalue weighted by molar-refractivity contribution is -0.123. The van der Waals surface area contributed by atoms with E-state index in [9.17, 15) is 9.90 Å². The summed E-state index contributed by atoms with van der Waals surface area (Å²) in [5.74, 6) is -0.443. The highest BCUT2D eigenvalue weighted by Crippen LogP contribution is 2.39. The molecule has 3 N–H and O–H groups in total. The first kappa shape index (κ1) is 14.1. The molecule has 0 bridgehead atoms. The fraction of sp³-hybridized carbons (Fsp3) is 0.462. The third kappa shape index (κ3) is 2.54. The molecule has 1 aromatic rings. The normalized spacial score (nSPS) is 17.6. The number of nitrogens with zero attached hydrogens (tertiary/aromatic N) is 1. The first-order chi connectivity index (χ1) is 8.95. The van der Waals surface area contributed by atoms with Crippen LogP contribution >= 0.6 is 11.6 Å². The summed E-state index contributed by atoms with van der Waals surface area (Å²) in [4.78, 5) is 13.4. The van der Waals surface area contributed by atoms with Crippen LogP contribution in [0.5, 0.6) is 0 Å². The van der Waals surface area contributed by atoms with Gasteiger partial charge < -0.3 is 20.4 Å². The number of carbonyl (C=O) groups excluding carboxylic acids is 1. The summed E-state index contributed by atoms with van der Waals surface area (Å²) in [5.41, 5.74) is 1.80. The molecule has 5 nitrogen and oxygen atoms in total. The molecule has 1 aliphatic rings. The molecule has 0 aliphatic carbocycles. The van der Waals surface area contributed by atoms with E-state index in [1.165, 1.54) is 0 Å². The van der Waals surface area contributed by atoms with Gasteiger partial charge >= 0.3 is 0 Å². The van der Waals surface area contributed by atoms with Gasteiger partial charge in [0.05, 0.1) is 17.3 Å². The van der Waals surface area contributed by atoms with E-state index >= 15 is 0 Å². The Kier molecular flexibility index (Phi) is 3.99. The summed E-state index contributed by atoms with van der Waals surface area (Å²) in [6.07, 6.45) is -1.16. The average molecular weight is 285 g/mol. The molecule has 6 heteroatoms. The Balaban J connectivity index is 2.43. The molecule has 0 radical (unpaired) electrons. The van der Waals surface area contributed by atoms with E-state index in [0.29, 0.717) is 22.8 Å². The van der Waals surface area contributed by atoms with Crippen LogP contribution in [0.1, 0.15) is 25.5 Å². The molecule has 0 saturated heterocycles. The third-order valence-electron chi connectivity index (χ3n) is 3.19. The van der Waals surface area contributed by atoms with Crippen molar-refractivity contribution in [2.75, 3.05) is 23.4 Å². The molecule has 1 aliphatic heterocycles. The molecule has 0 fully saturated rings. The van der Waals surface area contributed by atoms with Crippen molar-refractivity contribution in [3.63, 3.8) is 0 Å². The Hall–Kier alpha value is -1.30. The number of aliphatic hydroxyl groups is 2. The molecule has 0 saturated carbocycles. The maximum Gasteiger partial charge on any atom is 0.257 e. The van der Waals surface area contributed by atoms with Crippen LogP contribution in [0.25, 0.3) is 0 Å². The Bertz CT molecular complexity index is 505. The number of nitrogens with one attached hydrogen (secondary N) is 1.